The van der Waals surface area contributed by atoms with Crippen molar-refractivity contribution in [3.63, 3.8) is 0 Å². The Labute approximate surface area is 177 Å². The highest BCUT2D eigenvalue weighted by atomic mass is 32.1. The van der Waals surface area contributed by atoms with E-state index in [9.17, 15) is 9.59 Å². The first-order valence-electron chi connectivity index (χ1n) is 9.24. The third-order valence-corrected chi connectivity index (χ3v) is 5.53. The van der Waals surface area contributed by atoms with Gasteiger partial charge in [-0.15, -0.1) is 11.3 Å². The third-order valence-electron chi connectivity index (χ3n) is 4.66. The summed E-state index contributed by atoms with van der Waals surface area (Å²) in [5, 5.41) is 4.90. The number of rotatable bonds is 4. The smallest absolute Gasteiger partial charge is 0.418 e. The van der Waals surface area contributed by atoms with Crippen LogP contribution in [0, 0.1) is 6.92 Å². The van der Waals surface area contributed by atoms with Gasteiger partial charge in [-0.25, -0.2) is 9.78 Å². The summed E-state index contributed by atoms with van der Waals surface area (Å²) >= 11 is 1.35. The molecule has 0 atom stereocenters. The molecule has 1 aromatic heterocycles. The number of hydrogen-bond acceptors (Lipinski definition) is 7. The molecule has 2 amide bonds. The molecule has 0 saturated heterocycles. The van der Waals surface area contributed by atoms with E-state index in [1.807, 2.05) is 32.2 Å². The van der Waals surface area contributed by atoms with Gasteiger partial charge in [0.15, 0.2) is 0 Å². The van der Waals surface area contributed by atoms with Gasteiger partial charge in [0.2, 0.25) is 5.88 Å². The largest absolute Gasteiger partial charge is 0.490 e. The zero-order valence-electron chi connectivity index (χ0n) is 16.5. The lowest BCUT2D eigenvalue weighted by Crippen LogP contribution is -2.28. The number of aryl methyl sites for hydroxylation is 1. The number of nitrogens with zero attached hydrogens (tertiary/aromatic N) is 2. The van der Waals surface area contributed by atoms with Gasteiger partial charge in [0.25, 0.3) is 5.91 Å². The van der Waals surface area contributed by atoms with E-state index in [4.69, 9.17) is 15.2 Å². The summed E-state index contributed by atoms with van der Waals surface area (Å²) in [6.07, 6.45) is -0.754. The van der Waals surface area contributed by atoms with Gasteiger partial charge in [0, 0.05) is 12.6 Å². The quantitative estimate of drug-likeness (QED) is 0.662. The van der Waals surface area contributed by atoms with E-state index in [1.165, 1.54) is 11.3 Å². The van der Waals surface area contributed by atoms with Crippen molar-refractivity contribution < 1.29 is 19.1 Å². The summed E-state index contributed by atoms with van der Waals surface area (Å²) in [5.41, 5.74) is 8.63. The van der Waals surface area contributed by atoms with Crippen LogP contribution in [0.25, 0.3) is 10.6 Å². The molecule has 0 unspecified atom stereocenters. The highest BCUT2D eigenvalue weighted by Crippen LogP contribution is 2.36. The average molecular weight is 424 g/mol. The first-order chi connectivity index (χ1) is 14.4. The molecule has 1 aliphatic rings. The fraction of sp³-hybridized carbons (Fsp3) is 0.190. The molecule has 0 saturated carbocycles. The van der Waals surface area contributed by atoms with E-state index in [0.29, 0.717) is 17.3 Å². The summed E-state index contributed by atoms with van der Waals surface area (Å²) < 4.78 is 11.0. The zero-order chi connectivity index (χ0) is 21.3. The second-order valence-electron chi connectivity index (χ2n) is 6.87. The van der Waals surface area contributed by atoms with Crippen molar-refractivity contribution in [2.45, 2.75) is 6.92 Å². The van der Waals surface area contributed by atoms with Gasteiger partial charge in [-0.05, 0) is 42.8 Å². The van der Waals surface area contributed by atoms with Crippen LogP contribution in [0.5, 0.6) is 11.6 Å². The SMILES string of the molecule is Cc1ccc(C(N)=O)c(NC(=O)Oc2csc(-c3ccc4c(c3)OCCN4C)n2)c1. The van der Waals surface area contributed by atoms with Crippen molar-refractivity contribution in [3.8, 4) is 22.2 Å². The minimum Gasteiger partial charge on any atom is -0.490 e. The van der Waals surface area contributed by atoms with Gasteiger partial charge in [0.05, 0.1) is 28.9 Å². The van der Waals surface area contributed by atoms with E-state index < -0.39 is 12.0 Å². The summed E-state index contributed by atoms with van der Waals surface area (Å²) in [6, 6.07) is 10.8. The number of carbonyl (C=O) groups excluding carboxylic acids is 2. The lowest BCUT2D eigenvalue weighted by molar-refractivity contribution is 0.100. The van der Waals surface area contributed by atoms with Crippen LogP contribution in [-0.4, -0.2) is 37.2 Å². The second-order valence-corrected chi connectivity index (χ2v) is 7.73. The van der Waals surface area contributed by atoms with Crippen molar-refractivity contribution in [2.75, 3.05) is 30.4 Å². The van der Waals surface area contributed by atoms with Crippen LogP contribution in [0.15, 0.2) is 41.8 Å². The summed E-state index contributed by atoms with van der Waals surface area (Å²) in [5.74, 6) is 0.327. The van der Waals surface area contributed by atoms with Gasteiger partial charge >= 0.3 is 6.09 Å². The molecule has 0 fully saturated rings. The third kappa shape index (κ3) is 4.06. The molecule has 2 aromatic carbocycles. The van der Waals surface area contributed by atoms with Crippen LogP contribution < -0.4 is 25.4 Å². The number of fused-ring (bicyclic) bond motifs is 1. The van der Waals surface area contributed by atoms with Gasteiger partial charge in [-0.2, -0.15) is 0 Å². The number of anilines is 2. The number of nitrogens with one attached hydrogen (secondary N) is 1. The van der Waals surface area contributed by atoms with Crippen molar-refractivity contribution in [3.05, 3.63) is 52.9 Å². The van der Waals surface area contributed by atoms with E-state index in [1.54, 1.807) is 23.6 Å². The number of ether oxygens (including phenoxy) is 2. The fourth-order valence-corrected chi connectivity index (χ4v) is 3.86. The number of thiazole rings is 1. The summed E-state index contributed by atoms with van der Waals surface area (Å²) in [6.45, 7) is 3.31. The van der Waals surface area contributed by atoms with Crippen LogP contribution in [0.2, 0.25) is 0 Å². The molecule has 0 bridgehead atoms. The molecule has 0 aliphatic carbocycles. The van der Waals surface area contributed by atoms with E-state index >= 15 is 0 Å². The zero-order valence-corrected chi connectivity index (χ0v) is 17.3. The standard InChI is InChI=1S/C21H20N4O4S/c1-12-3-5-14(19(22)26)15(9-12)23-21(27)29-18-11-30-20(24-18)13-4-6-16-17(10-13)28-8-7-25(16)2/h3-6,9-11H,7-8H2,1-2H3,(H2,22,26)(H,23,27). The fourth-order valence-electron chi connectivity index (χ4n) is 3.14. The Bertz CT molecular complexity index is 1130. The van der Waals surface area contributed by atoms with Crippen LogP contribution in [-0.2, 0) is 0 Å². The molecule has 8 nitrogen and oxygen atoms in total. The number of aromatic nitrogens is 1. The lowest BCUT2D eigenvalue weighted by Gasteiger charge is -2.27. The highest BCUT2D eigenvalue weighted by molar-refractivity contribution is 7.13. The minimum atomic E-state index is -0.754. The molecule has 9 heteroatoms. The van der Waals surface area contributed by atoms with E-state index in [0.717, 1.165) is 29.1 Å². The van der Waals surface area contributed by atoms with Gasteiger partial charge in [-0.3, -0.25) is 10.1 Å². The lowest BCUT2D eigenvalue weighted by atomic mass is 10.1. The molecule has 30 heavy (non-hydrogen) atoms. The molecule has 154 valence electrons. The number of amides is 2. The van der Waals surface area contributed by atoms with E-state index in [-0.39, 0.29) is 11.4 Å². The second kappa shape index (κ2) is 8.03. The summed E-state index contributed by atoms with van der Waals surface area (Å²) in [4.78, 5) is 30.4. The molecular formula is C21H20N4O4S. The van der Waals surface area contributed by atoms with Crippen LogP contribution >= 0.6 is 11.3 Å². The molecule has 1 aliphatic heterocycles. The Morgan fingerprint density at radius 3 is 2.90 bits per heavy atom. The van der Waals surface area contributed by atoms with Crippen LogP contribution in [0.4, 0.5) is 16.2 Å². The van der Waals surface area contributed by atoms with Crippen LogP contribution in [0.1, 0.15) is 15.9 Å². The Kier molecular flexibility index (Phi) is 5.28. The molecular weight excluding hydrogens is 404 g/mol. The molecule has 3 aromatic rings. The minimum absolute atomic E-state index is 0.163. The maximum atomic E-state index is 12.3. The Morgan fingerprint density at radius 2 is 2.10 bits per heavy atom. The first kappa shape index (κ1) is 19.7. The van der Waals surface area contributed by atoms with Crippen LogP contribution in [0.3, 0.4) is 0 Å². The number of primary amides is 1. The first-order valence-corrected chi connectivity index (χ1v) is 10.1. The van der Waals surface area contributed by atoms with E-state index in [2.05, 4.69) is 15.2 Å². The number of carbonyl (C=O) groups is 2. The predicted octanol–water partition coefficient (Wildman–Crippen LogP) is 3.66. The van der Waals surface area contributed by atoms with Crippen molar-refractivity contribution in [2.24, 2.45) is 5.73 Å². The normalized spacial score (nSPS) is 12.7. The van der Waals surface area contributed by atoms with Crippen molar-refractivity contribution >= 4 is 34.7 Å². The number of likely N-dealkylation sites (N-methyl/N-ethyl adjacent to an activating group) is 1. The molecule has 0 spiro atoms. The predicted molar refractivity (Wildman–Crippen MR) is 116 cm³/mol. The molecule has 2 heterocycles. The van der Waals surface area contributed by atoms with Crippen molar-refractivity contribution in [1.82, 2.24) is 4.98 Å². The van der Waals surface area contributed by atoms with Gasteiger partial charge in [0.1, 0.15) is 17.4 Å². The Morgan fingerprint density at radius 1 is 1.27 bits per heavy atom. The average Bonchev–Trinajstić information content (AvgIpc) is 3.16. The maximum Gasteiger partial charge on any atom is 0.418 e. The number of hydrogen-bond donors (Lipinski definition) is 2. The van der Waals surface area contributed by atoms with Gasteiger partial charge < -0.3 is 20.1 Å². The Hall–Kier alpha value is -3.59. The maximum absolute atomic E-state index is 12.3. The monoisotopic (exact) mass is 424 g/mol. The Balaban J connectivity index is 1.48. The number of nitrogens with two attached hydrogens (primary N) is 1. The summed E-state index contributed by atoms with van der Waals surface area (Å²) in [7, 11) is 2.02. The van der Waals surface area contributed by atoms with Gasteiger partial charge in [-0.1, -0.05) is 6.07 Å². The van der Waals surface area contributed by atoms with Crippen molar-refractivity contribution in [1.29, 1.82) is 0 Å². The molecule has 3 N–H and O–H groups in total. The highest BCUT2D eigenvalue weighted by Gasteiger charge is 2.18. The number of benzene rings is 2. The molecule has 0 radical (unpaired) electrons. The molecule has 4 rings (SSSR count). The topological polar surface area (TPSA) is 107 Å².